The molecule has 0 saturated heterocycles. The smallest absolute Gasteiger partial charge is 0.410 e. The van der Waals surface area contributed by atoms with Crippen LogP contribution in [0.2, 0.25) is 0 Å². The Hall–Kier alpha value is -5.75. The Bertz CT molecular complexity index is 2310. The highest BCUT2D eigenvalue weighted by molar-refractivity contribution is 6.03. The molecular formula is C55H65FN2O8. The summed E-state index contributed by atoms with van der Waals surface area (Å²) in [7, 11) is 0. The molecule has 0 bridgehead atoms. The van der Waals surface area contributed by atoms with Crippen LogP contribution in [0.15, 0.2) is 139 Å². The number of hydrogen-bond donors (Lipinski definition) is 2. The van der Waals surface area contributed by atoms with Gasteiger partial charge in [0.15, 0.2) is 0 Å². The molecule has 2 aliphatic carbocycles. The van der Waals surface area contributed by atoms with Gasteiger partial charge in [-0.2, -0.15) is 0 Å². The second-order valence-electron chi connectivity index (χ2n) is 18.4. The number of fused-ring (bicyclic) bond motifs is 2. The summed E-state index contributed by atoms with van der Waals surface area (Å²) in [6.07, 6.45) is 10.2. The van der Waals surface area contributed by atoms with Gasteiger partial charge < -0.3 is 34.0 Å². The van der Waals surface area contributed by atoms with Gasteiger partial charge in [-0.1, -0.05) is 90.8 Å². The molecule has 6 atom stereocenters. The summed E-state index contributed by atoms with van der Waals surface area (Å²) in [5.74, 6) is -0.775. The van der Waals surface area contributed by atoms with Crippen molar-refractivity contribution < 1.29 is 43.2 Å². The van der Waals surface area contributed by atoms with Crippen LogP contribution >= 0.6 is 0 Å². The van der Waals surface area contributed by atoms with E-state index in [0.717, 1.165) is 47.9 Å². The predicted molar refractivity (Wildman–Crippen MR) is 256 cm³/mol. The summed E-state index contributed by atoms with van der Waals surface area (Å²) in [5.41, 5.74) is 4.73. The molecule has 0 spiro atoms. The molecule has 0 unspecified atom stereocenters. The molecule has 1 amide bonds. The van der Waals surface area contributed by atoms with E-state index < -0.39 is 35.3 Å². The lowest BCUT2D eigenvalue weighted by atomic mass is 9.55. The van der Waals surface area contributed by atoms with E-state index in [2.05, 4.69) is 37.4 Å². The van der Waals surface area contributed by atoms with Crippen molar-refractivity contribution in [3.63, 3.8) is 0 Å². The second kappa shape index (κ2) is 22.2. The van der Waals surface area contributed by atoms with E-state index in [-0.39, 0.29) is 57.1 Å². The minimum atomic E-state index is -1.52. The van der Waals surface area contributed by atoms with Crippen molar-refractivity contribution in [2.45, 2.75) is 102 Å². The van der Waals surface area contributed by atoms with E-state index in [0.29, 0.717) is 47.8 Å². The van der Waals surface area contributed by atoms with Crippen molar-refractivity contribution >= 4 is 11.8 Å². The molecule has 1 saturated carbocycles. The lowest BCUT2D eigenvalue weighted by Crippen LogP contribution is -2.70. The fourth-order valence-electron chi connectivity index (χ4n) is 9.79. The average Bonchev–Trinajstić information content (AvgIpc) is 3.31. The van der Waals surface area contributed by atoms with Gasteiger partial charge in [0, 0.05) is 37.7 Å². The molecule has 350 valence electrons. The van der Waals surface area contributed by atoms with E-state index in [1.807, 2.05) is 75.4 Å². The number of oxime groups is 1. The predicted octanol–water partition coefficient (Wildman–Crippen LogP) is 11.9. The molecule has 4 aromatic rings. The highest BCUT2D eigenvalue weighted by Crippen LogP contribution is 2.62. The summed E-state index contributed by atoms with van der Waals surface area (Å²) in [5, 5.41) is 24.9. The maximum atomic E-state index is 14.7. The molecule has 3 aliphatic rings. The van der Waals surface area contributed by atoms with Crippen molar-refractivity contribution in [3.8, 4) is 28.4 Å². The van der Waals surface area contributed by atoms with Crippen LogP contribution in [0, 0.1) is 23.6 Å². The summed E-state index contributed by atoms with van der Waals surface area (Å²) >= 11 is 0. The monoisotopic (exact) mass is 900 g/mol. The van der Waals surface area contributed by atoms with Crippen LogP contribution in [0.25, 0.3) is 11.1 Å². The first-order valence-corrected chi connectivity index (χ1v) is 23.4. The van der Waals surface area contributed by atoms with Gasteiger partial charge in [0.1, 0.15) is 34.7 Å². The van der Waals surface area contributed by atoms with Crippen molar-refractivity contribution in [2.75, 3.05) is 26.4 Å². The molecular weight excluding hydrogens is 836 g/mol. The van der Waals surface area contributed by atoms with Crippen molar-refractivity contribution in [1.82, 2.24) is 4.90 Å². The number of benzene rings is 4. The maximum absolute atomic E-state index is 14.7. The number of aliphatic hydroxyl groups excluding tert-OH is 2. The van der Waals surface area contributed by atoms with Crippen molar-refractivity contribution in [1.29, 1.82) is 0 Å². The molecule has 1 aliphatic heterocycles. The van der Waals surface area contributed by atoms with Crippen LogP contribution in [0.1, 0.15) is 89.2 Å². The number of nitrogens with zero attached hydrogens (tertiary/aromatic N) is 2. The molecule has 66 heavy (non-hydrogen) atoms. The highest BCUT2D eigenvalue weighted by atomic mass is 19.1. The maximum Gasteiger partial charge on any atom is 0.410 e. The Labute approximate surface area is 389 Å². The van der Waals surface area contributed by atoms with Crippen LogP contribution < -0.4 is 9.47 Å². The third-order valence-electron chi connectivity index (χ3n) is 12.7. The topological polar surface area (TPSA) is 119 Å². The Morgan fingerprint density at radius 1 is 0.894 bits per heavy atom. The number of unbranched alkanes of at least 4 members (excludes halogenated alkanes) is 2. The molecule has 4 aromatic carbocycles. The number of halogens is 1. The molecule has 7 rings (SSSR count). The molecule has 10 nitrogen and oxygen atoms in total. The zero-order valence-electron chi connectivity index (χ0n) is 38.6. The minimum absolute atomic E-state index is 0.00683. The molecule has 1 fully saturated rings. The number of amides is 1. The van der Waals surface area contributed by atoms with E-state index in [9.17, 15) is 19.4 Å². The zero-order valence-corrected chi connectivity index (χ0v) is 38.6. The Morgan fingerprint density at radius 3 is 2.27 bits per heavy atom. The van der Waals surface area contributed by atoms with E-state index in [1.165, 1.54) is 12.1 Å². The van der Waals surface area contributed by atoms with E-state index in [4.69, 9.17) is 28.9 Å². The molecule has 0 radical (unpaired) electrons. The highest BCUT2D eigenvalue weighted by Gasteiger charge is 2.65. The minimum Gasteiger partial charge on any atom is -0.459 e. The summed E-state index contributed by atoms with van der Waals surface area (Å²) in [6, 6.07) is 29.4. The molecule has 11 heteroatoms. The first-order chi connectivity index (χ1) is 32.0. The average molecular weight is 901 g/mol. The third-order valence-corrected chi connectivity index (χ3v) is 12.7. The van der Waals surface area contributed by atoms with Gasteiger partial charge in [-0.25, -0.2) is 9.18 Å². The standard InChI is InChI=1S/C55H65FN2O8/c1-6-8-33-62-53(61)58(37-38-20-24-42(56)25-21-38)50-36-48(57-66-54(3,4)5)46-34-41(18-12-14-30-59)45(19-13-15-31-60)51-47-35-44(28-29-49(47)65-55(50,52(46)51)63-32-7-2)64-43-26-22-40(23-27-43)39-16-10-9-11-17-39/h6-7,9-11,16-17,20-29,34-35,41,45,50-52,59-60H,1-2,8,12-15,18-19,30-33,36-37H2,3-5H3/t41-,45+,50-,51+,52+,55+/m0/s1. The number of rotatable bonds is 21. The Kier molecular flexibility index (Phi) is 16.2. The van der Waals surface area contributed by atoms with Crippen LogP contribution in [-0.2, 0) is 20.9 Å². The number of carbonyl (C=O) groups is 1. The first kappa shape index (κ1) is 48.2. The lowest BCUT2D eigenvalue weighted by molar-refractivity contribution is -0.256. The SMILES string of the molecule is C=CCCOC(=O)N(Cc1ccc(F)cc1)[C@H]1CC(=NOC(C)(C)C)C2=C[C@H](CCCCO)[C@@H](CCCCO)[C@@H]3c4cc(Oc5ccc(-c6ccccc6)cc5)ccc4O[C@@]1(OCC=C)[C@H]23. The molecule has 0 aromatic heterocycles. The zero-order chi connectivity index (χ0) is 46.7. The largest absolute Gasteiger partial charge is 0.459 e. The number of ether oxygens (including phenoxy) is 4. The third kappa shape index (κ3) is 11.3. The summed E-state index contributed by atoms with van der Waals surface area (Å²) < 4.78 is 41.4. The van der Waals surface area contributed by atoms with Crippen LogP contribution in [0.4, 0.5) is 9.18 Å². The number of carbonyl (C=O) groups excluding carboxylic acids is 1. The van der Waals surface area contributed by atoms with Crippen LogP contribution in [0.3, 0.4) is 0 Å². The number of aliphatic hydroxyl groups is 2. The summed E-state index contributed by atoms with van der Waals surface area (Å²) in [4.78, 5) is 22.6. The Morgan fingerprint density at radius 2 is 1.59 bits per heavy atom. The van der Waals surface area contributed by atoms with Gasteiger partial charge in [0.05, 0.1) is 24.8 Å². The Balaban J connectivity index is 1.43. The van der Waals surface area contributed by atoms with Crippen molar-refractivity contribution in [2.24, 2.45) is 22.9 Å². The van der Waals surface area contributed by atoms with Crippen molar-refractivity contribution in [3.05, 3.63) is 151 Å². The normalized spacial score (nSPS) is 22.5. The van der Waals surface area contributed by atoms with E-state index in [1.54, 1.807) is 29.2 Å². The van der Waals surface area contributed by atoms with Crippen LogP contribution in [-0.4, -0.2) is 70.8 Å². The first-order valence-electron chi connectivity index (χ1n) is 23.4. The molecule has 2 N–H and O–H groups in total. The lowest BCUT2D eigenvalue weighted by Gasteiger charge is -2.60. The van der Waals surface area contributed by atoms with E-state index >= 15 is 0 Å². The van der Waals surface area contributed by atoms with Gasteiger partial charge in [0.25, 0.3) is 0 Å². The van der Waals surface area contributed by atoms with Gasteiger partial charge in [0.2, 0.25) is 5.79 Å². The second-order valence-corrected chi connectivity index (χ2v) is 18.4. The summed E-state index contributed by atoms with van der Waals surface area (Å²) in [6.45, 7) is 14.1. The number of allylic oxidation sites excluding steroid dienone is 1. The quantitative estimate of drug-likeness (QED) is 0.0482. The molecule has 1 heterocycles. The fraction of sp³-hybridized carbons (Fsp3) is 0.418. The van der Waals surface area contributed by atoms with Crippen LogP contribution in [0.5, 0.6) is 17.2 Å². The van der Waals surface area contributed by atoms with Gasteiger partial charge in [-0.15, -0.1) is 13.2 Å². The van der Waals surface area contributed by atoms with Gasteiger partial charge in [-0.3, -0.25) is 4.90 Å². The number of hydrogen-bond acceptors (Lipinski definition) is 9. The van der Waals surface area contributed by atoms with Gasteiger partial charge >= 0.3 is 6.09 Å². The fourth-order valence-corrected chi connectivity index (χ4v) is 9.79. The van der Waals surface area contributed by atoms with Gasteiger partial charge in [-0.05, 0) is 129 Å².